The van der Waals surface area contributed by atoms with Crippen molar-refractivity contribution in [2.75, 3.05) is 0 Å². The molecule has 0 heterocycles. The molecule has 1 aliphatic carbocycles. The first-order valence-electron chi connectivity index (χ1n) is 6.19. The molecule has 2 rings (SSSR count). The Bertz CT molecular complexity index is 546. The van der Waals surface area contributed by atoms with Crippen LogP contribution in [-0.2, 0) is 4.79 Å². The Balaban J connectivity index is 2.40. The van der Waals surface area contributed by atoms with E-state index in [0.29, 0.717) is 0 Å². The fourth-order valence-electron chi connectivity index (χ4n) is 2.57. The fraction of sp³-hybridized carbons (Fsp3) is 0.400. The lowest BCUT2D eigenvalue weighted by atomic mass is 10.0. The third-order valence-electron chi connectivity index (χ3n) is 3.89. The first-order chi connectivity index (χ1) is 9.15. The van der Waals surface area contributed by atoms with Crippen molar-refractivity contribution in [3.05, 3.63) is 42.0 Å². The van der Waals surface area contributed by atoms with Gasteiger partial charge < -0.3 is 0 Å². The first kappa shape index (κ1) is 15.1. The van der Waals surface area contributed by atoms with Crippen LogP contribution in [0.15, 0.2) is 36.4 Å². The minimum absolute atomic E-state index is 0.100. The number of alkyl halides is 3. The molecule has 0 bridgehead atoms. The molecule has 1 aliphatic rings. The molecule has 0 radical (unpaired) electrons. The van der Waals surface area contributed by atoms with Crippen LogP contribution < -0.4 is 0 Å². The maximum absolute atomic E-state index is 13.2. The van der Waals surface area contributed by atoms with E-state index in [0.717, 1.165) is 6.08 Å². The molecule has 1 aromatic carbocycles. The average Bonchev–Trinajstić information content (AvgIpc) is 2.87. The van der Waals surface area contributed by atoms with Crippen LogP contribution >= 0.6 is 11.6 Å². The van der Waals surface area contributed by atoms with Gasteiger partial charge in [0, 0.05) is 5.92 Å². The predicted molar refractivity (Wildman–Crippen MR) is 72.1 cm³/mol. The zero-order valence-corrected chi connectivity index (χ0v) is 11.8. The summed E-state index contributed by atoms with van der Waals surface area (Å²) in [5, 5.41) is -0.578. The van der Waals surface area contributed by atoms with Crippen LogP contribution in [0.25, 0.3) is 5.57 Å². The lowest BCUT2D eigenvalue weighted by Gasteiger charge is -2.12. The van der Waals surface area contributed by atoms with Gasteiger partial charge in [0.2, 0.25) is 5.24 Å². The van der Waals surface area contributed by atoms with Gasteiger partial charge in [0.1, 0.15) is 0 Å². The third kappa shape index (κ3) is 2.75. The van der Waals surface area contributed by atoms with Crippen molar-refractivity contribution >= 4 is 22.4 Å². The van der Waals surface area contributed by atoms with E-state index in [9.17, 15) is 18.0 Å². The molecule has 2 unspecified atom stereocenters. The van der Waals surface area contributed by atoms with Crippen LogP contribution in [0.2, 0.25) is 0 Å². The summed E-state index contributed by atoms with van der Waals surface area (Å²) in [7, 11) is 0. The number of carbonyl (C=O) groups is 1. The van der Waals surface area contributed by atoms with E-state index in [1.807, 2.05) is 0 Å². The van der Waals surface area contributed by atoms with Gasteiger partial charge in [-0.25, -0.2) is 0 Å². The number of halogens is 4. The topological polar surface area (TPSA) is 17.1 Å². The number of benzene rings is 1. The molecule has 0 N–H and O–H groups in total. The van der Waals surface area contributed by atoms with E-state index >= 15 is 0 Å². The largest absolute Gasteiger partial charge is 0.416 e. The number of allylic oxidation sites excluding steroid dienone is 2. The van der Waals surface area contributed by atoms with E-state index < -0.39 is 34.2 Å². The Labute approximate surface area is 120 Å². The third-order valence-corrected chi connectivity index (χ3v) is 4.13. The molecule has 1 saturated carbocycles. The Morgan fingerprint density at radius 2 is 1.80 bits per heavy atom. The number of hydrogen-bond acceptors (Lipinski definition) is 1. The van der Waals surface area contributed by atoms with Crippen molar-refractivity contribution in [3.8, 4) is 0 Å². The van der Waals surface area contributed by atoms with Gasteiger partial charge in [-0.1, -0.05) is 50.3 Å². The quantitative estimate of drug-likeness (QED) is 0.742. The highest BCUT2D eigenvalue weighted by atomic mass is 35.5. The predicted octanol–water partition coefficient (Wildman–Crippen LogP) is 4.67. The number of hydrogen-bond donors (Lipinski definition) is 0. The highest BCUT2D eigenvalue weighted by Gasteiger charge is 2.60. The highest BCUT2D eigenvalue weighted by Crippen LogP contribution is 2.61. The van der Waals surface area contributed by atoms with Crippen LogP contribution in [0, 0.1) is 17.3 Å². The molecule has 1 aromatic rings. The van der Waals surface area contributed by atoms with Crippen molar-refractivity contribution in [1.82, 2.24) is 0 Å². The SMILES string of the molecule is CC1(C)C(C=C(c2ccccc2)C(F)(F)F)C1C(=O)Cl. The van der Waals surface area contributed by atoms with Crippen molar-refractivity contribution in [3.63, 3.8) is 0 Å². The minimum atomic E-state index is -4.46. The van der Waals surface area contributed by atoms with Crippen molar-refractivity contribution in [2.45, 2.75) is 20.0 Å². The second-order valence-corrected chi connectivity index (χ2v) is 5.95. The van der Waals surface area contributed by atoms with Gasteiger partial charge in [0.15, 0.2) is 0 Å². The summed E-state index contributed by atoms with van der Waals surface area (Å²) < 4.78 is 39.6. The van der Waals surface area contributed by atoms with Gasteiger partial charge in [-0.15, -0.1) is 0 Å². The molecule has 2 atom stereocenters. The standard InChI is InChI=1S/C15H14ClF3O/c1-14(2)11(12(14)13(16)20)8-10(15(17,18)19)9-6-4-3-5-7-9/h3-8,11-12H,1-2H3. The van der Waals surface area contributed by atoms with Crippen LogP contribution in [-0.4, -0.2) is 11.4 Å². The monoisotopic (exact) mass is 302 g/mol. The zero-order chi connectivity index (χ0) is 15.1. The van der Waals surface area contributed by atoms with E-state index in [4.69, 9.17) is 11.6 Å². The van der Waals surface area contributed by atoms with Crippen molar-refractivity contribution in [1.29, 1.82) is 0 Å². The van der Waals surface area contributed by atoms with Crippen LogP contribution in [0.1, 0.15) is 19.4 Å². The van der Waals surface area contributed by atoms with Gasteiger partial charge in [0.05, 0.1) is 5.57 Å². The first-order valence-corrected chi connectivity index (χ1v) is 6.57. The zero-order valence-electron chi connectivity index (χ0n) is 11.0. The van der Waals surface area contributed by atoms with E-state index in [-0.39, 0.29) is 5.56 Å². The molecule has 108 valence electrons. The molecule has 5 heteroatoms. The normalized spacial score (nSPS) is 25.4. The van der Waals surface area contributed by atoms with E-state index in [1.54, 1.807) is 32.0 Å². The summed E-state index contributed by atoms with van der Waals surface area (Å²) in [5.74, 6) is -1.03. The Morgan fingerprint density at radius 3 is 2.20 bits per heavy atom. The van der Waals surface area contributed by atoms with Crippen LogP contribution in [0.4, 0.5) is 13.2 Å². The molecule has 0 aliphatic heterocycles. The van der Waals surface area contributed by atoms with Crippen LogP contribution in [0.5, 0.6) is 0 Å². The molecular weight excluding hydrogens is 289 g/mol. The summed E-state index contributed by atoms with van der Waals surface area (Å²) >= 11 is 5.45. The average molecular weight is 303 g/mol. The van der Waals surface area contributed by atoms with Gasteiger partial charge in [-0.05, 0) is 28.5 Å². The van der Waals surface area contributed by atoms with Gasteiger partial charge >= 0.3 is 6.18 Å². The molecule has 20 heavy (non-hydrogen) atoms. The molecule has 0 amide bonds. The molecule has 0 spiro atoms. The second-order valence-electron chi connectivity index (χ2n) is 5.57. The fourth-order valence-corrected chi connectivity index (χ4v) is 2.99. The summed E-state index contributed by atoms with van der Waals surface area (Å²) in [5.41, 5.74) is -1.13. The smallest absolute Gasteiger partial charge is 0.281 e. The van der Waals surface area contributed by atoms with Gasteiger partial charge in [-0.2, -0.15) is 13.2 Å². The van der Waals surface area contributed by atoms with Gasteiger partial charge in [0.25, 0.3) is 0 Å². The summed E-state index contributed by atoms with van der Waals surface area (Å²) in [4.78, 5) is 11.3. The van der Waals surface area contributed by atoms with E-state index in [1.165, 1.54) is 12.1 Å². The maximum Gasteiger partial charge on any atom is 0.416 e. The number of rotatable bonds is 3. The molecule has 0 aromatic heterocycles. The maximum atomic E-state index is 13.2. The van der Waals surface area contributed by atoms with Crippen molar-refractivity contribution < 1.29 is 18.0 Å². The Morgan fingerprint density at radius 1 is 1.25 bits per heavy atom. The lowest BCUT2D eigenvalue weighted by Crippen LogP contribution is -2.11. The van der Waals surface area contributed by atoms with Crippen LogP contribution in [0.3, 0.4) is 0 Å². The minimum Gasteiger partial charge on any atom is -0.281 e. The lowest BCUT2D eigenvalue weighted by molar-refractivity contribution is -0.113. The highest BCUT2D eigenvalue weighted by molar-refractivity contribution is 6.64. The second kappa shape index (κ2) is 4.92. The van der Waals surface area contributed by atoms with E-state index in [2.05, 4.69) is 0 Å². The molecule has 0 saturated heterocycles. The van der Waals surface area contributed by atoms with Crippen molar-refractivity contribution in [2.24, 2.45) is 17.3 Å². The molecule has 1 nitrogen and oxygen atoms in total. The molecular formula is C15H14ClF3O. The Hall–Kier alpha value is -1.29. The Kier molecular flexibility index (Phi) is 3.71. The summed E-state index contributed by atoms with van der Waals surface area (Å²) in [6.07, 6.45) is -3.32. The summed E-state index contributed by atoms with van der Waals surface area (Å²) in [6.45, 7) is 3.50. The van der Waals surface area contributed by atoms with Gasteiger partial charge in [-0.3, -0.25) is 4.79 Å². The molecule has 1 fully saturated rings. The number of carbonyl (C=O) groups excluding carboxylic acids is 1. The summed E-state index contributed by atoms with van der Waals surface area (Å²) in [6, 6.07) is 7.58.